The normalized spacial score (nSPS) is 21.8. The molecule has 1 N–H and O–H groups in total. The summed E-state index contributed by atoms with van der Waals surface area (Å²) < 4.78 is 10.9. The number of piperazine rings is 1. The van der Waals surface area contributed by atoms with Gasteiger partial charge in [0.1, 0.15) is 6.26 Å². The molecule has 1 fully saturated rings. The second-order valence-electron chi connectivity index (χ2n) is 5.32. The summed E-state index contributed by atoms with van der Waals surface area (Å²) in [6.07, 6.45) is 3.16. The number of aromatic nitrogens is 1. The Kier molecular flexibility index (Phi) is 3.69. The maximum absolute atomic E-state index is 5.86. The van der Waals surface area contributed by atoms with Crippen molar-refractivity contribution in [2.75, 3.05) is 31.1 Å². The van der Waals surface area contributed by atoms with E-state index in [1.165, 1.54) is 6.39 Å². The molecule has 1 saturated heterocycles. The molecule has 2 rings (SSSR count). The van der Waals surface area contributed by atoms with Gasteiger partial charge in [-0.25, -0.2) is 0 Å². The smallest absolute Gasteiger partial charge is 0.182 e. The highest BCUT2D eigenvalue weighted by atomic mass is 16.5. The molecule has 0 spiro atoms. The Labute approximate surface area is 104 Å². The molecule has 0 aliphatic carbocycles. The third-order valence-corrected chi connectivity index (χ3v) is 2.77. The van der Waals surface area contributed by atoms with Crippen LogP contribution in [0.5, 0.6) is 0 Å². The highest BCUT2D eigenvalue weighted by molar-refractivity contribution is 5.37. The van der Waals surface area contributed by atoms with E-state index < -0.39 is 0 Å². The van der Waals surface area contributed by atoms with Crippen molar-refractivity contribution in [1.29, 1.82) is 0 Å². The number of nitrogens with one attached hydrogen (secondary N) is 1. The van der Waals surface area contributed by atoms with E-state index in [1.807, 2.05) is 0 Å². The molecule has 1 aliphatic rings. The molecule has 0 amide bonds. The summed E-state index contributed by atoms with van der Waals surface area (Å²) >= 11 is 0. The highest BCUT2D eigenvalue weighted by Gasteiger charge is 2.25. The minimum absolute atomic E-state index is 0. The Morgan fingerprint density at radius 1 is 1.65 bits per heavy atom. The minimum Gasteiger partial charge on any atom is -0.449 e. The maximum Gasteiger partial charge on any atom is 0.182 e. The Bertz CT molecular complexity index is 338. The first-order valence-electron chi connectivity index (χ1n) is 6.06. The predicted molar refractivity (Wildman–Crippen MR) is 68.3 cm³/mol. The van der Waals surface area contributed by atoms with Crippen molar-refractivity contribution in [2.24, 2.45) is 0 Å². The van der Waals surface area contributed by atoms with Gasteiger partial charge in [-0.1, -0.05) is 0 Å². The zero-order chi connectivity index (χ0) is 12.3. The molecule has 1 aromatic rings. The van der Waals surface area contributed by atoms with Crippen LogP contribution in [0.25, 0.3) is 0 Å². The van der Waals surface area contributed by atoms with Crippen LogP contribution in [0.15, 0.2) is 17.1 Å². The average molecular weight is 241 g/mol. The summed E-state index contributed by atoms with van der Waals surface area (Å²) in [6.45, 7) is 9.74. The van der Waals surface area contributed by atoms with Gasteiger partial charge in [0.15, 0.2) is 12.2 Å². The molecule has 2 heterocycles. The van der Waals surface area contributed by atoms with Crippen LogP contribution in [0.2, 0.25) is 0 Å². The van der Waals surface area contributed by atoms with Crippen molar-refractivity contribution in [2.45, 2.75) is 32.4 Å². The van der Waals surface area contributed by atoms with Crippen LogP contribution in [-0.2, 0) is 4.74 Å². The number of oxazole rings is 1. The number of nitrogens with zero attached hydrogens (tertiary/aromatic N) is 2. The maximum atomic E-state index is 5.86. The molecule has 1 aromatic heterocycles. The molecule has 0 aromatic carbocycles. The van der Waals surface area contributed by atoms with Gasteiger partial charge in [-0.2, -0.15) is 4.98 Å². The summed E-state index contributed by atoms with van der Waals surface area (Å²) in [5.74, 6) is 0.897. The Morgan fingerprint density at radius 2 is 2.47 bits per heavy atom. The first-order valence-corrected chi connectivity index (χ1v) is 6.06. The van der Waals surface area contributed by atoms with Gasteiger partial charge >= 0.3 is 0 Å². The average Bonchev–Trinajstić information content (AvgIpc) is 2.79. The molecule has 0 radical (unpaired) electrons. The number of rotatable bonds is 3. The van der Waals surface area contributed by atoms with E-state index in [2.05, 4.69) is 36.0 Å². The van der Waals surface area contributed by atoms with Crippen molar-refractivity contribution in [3.63, 3.8) is 0 Å². The summed E-state index contributed by atoms with van der Waals surface area (Å²) in [4.78, 5) is 6.45. The van der Waals surface area contributed by atoms with Crippen molar-refractivity contribution < 1.29 is 10.6 Å². The molecule has 1 atom stereocenters. The van der Waals surface area contributed by atoms with E-state index in [4.69, 9.17) is 9.15 Å². The molecule has 5 nitrogen and oxygen atoms in total. The van der Waals surface area contributed by atoms with E-state index in [1.54, 1.807) is 6.26 Å². The zero-order valence-electron chi connectivity index (χ0n) is 10.8. The van der Waals surface area contributed by atoms with E-state index in [9.17, 15) is 0 Å². The number of ether oxygens (including phenoxy) is 1. The second-order valence-corrected chi connectivity index (χ2v) is 5.32. The fraction of sp³-hybridized carbons (Fsp3) is 0.750. The van der Waals surface area contributed by atoms with Gasteiger partial charge in [0.2, 0.25) is 0 Å². The zero-order valence-corrected chi connectivity index (χ0v) is 10.8. The minimum atomic E-state index is -0.104. The van der Waals surface area contributed by atoms with Crippen molar-refractivity contribution in [3.05, 3.63) is 12.7 Å². The monoisotopic (exact) mass is 241 g/mol. The Morgan fingerprint density at radius 3 is 3.12 bits per heavy atom. The van der Waals surface area contributed by atoms with E-state index in [0.29, 0.717) is 12.6 Å². The summed E-state index contributed by atoms with van der Waals surface area (Å²) in [5.41, 5.74) is -0.104. The van der Waals surface area contributed by atoms with Crippen molar-refractivity contribution in [1.82, 2.24) is 10.3 Å². The van der Waals surface area contributed by atoms with Gasteiger partial charge in [0.25, 0.3) is 0 Å². The van der Waals surface area contributed by atoms with E-state index in [-0.39, 0.29) is 7.03 Å². The fourth-order valence-corrected chi connectivity index (χ4v) is 1.91. The molecule has 1 aliphatic heterocycles. The Balaban J connectivity index is 0.00000162. The standard InChI is InChI=1S/C12H21N3O2.H2/c1-12(2,3)17-7-10-6-13-4-5-15(10)11-8-16-9-14-11;/h8-10,13H,4-7H2,1-3H3;1H. The molecule has 98 valence electrons. The summed E-state index contributed by atoms with van der Waals surface area (Å²) in [7, 11) is 0. The lowest BCUT2D eigenvalue weighted by molar-refractivity contribution is -0.0119. The highest BCUT2D eigenvalue weighted by Crippen LogP contribution is 2.17. The summed E-state index contributed by atoms with van der Waals surface area (Å²) in [6, 6.07) is 0.313. The van der Waals surface area contributed by atoms with Crippen LogP contribution in [0, 0.1) is 0 Å². The SMILES string of the molecule is CC(C)(C)OCC1CNCCN1c1cocn1.[HH]. The van der Waals surface area contributed by atoms with Gasteiger partial charge in [-0.15, -0.1) is 0 Å². The molecule has 5 heteroatoms. The fourth-order valence-electron chi connectivity index (χ4n) is 1.91. The topological polar surface area (TPSA) is 50.5 Å². The number of anilines is 1. The third kappa shape index (κ3) is 3.44. The van der Waals surface area contributed by atoms with Crippen LogP contribution in [0.1, 0.15) is 22.2 Å². The van der Waals surface area contributed by atoms with Crippen LogP contribution >= 0.6 is 0 Å². The number of hydrogen-bond donors (Lipinski definition) is 1. The first kappa shape index (κ1) is 12.4. The second kappa shape index (κ2) is 5.06. The van der Waals surface area contributed by atoms with Gasteiger partial charge < -0.3 is 19.4 Å². The largest absolute Gasteiger partial charge is 0.449 e. The van der Waals surface area contributed by atoms with Gasteiger partial charge in [-0.05, 0) is 20.8 Å². The first-order chi connectivity index (χ1) is 8.06. The molecule has 17 heavy (non-hydrogen) atoms. The number of hydrogen-bond acceptors (Lipinski definition) is 5. The lowest BCUT2D eigenvalue weighted by Gasteiger charge is -2.37. The predicted octanol–water partition coefficient (Wildman–Crippen LogP) is 1.51. The van der Waals surface area contributed by atoms with Gasteiger partial charge in [0.05, 0.1) is 18.2 Å². The molecular formula is C12H23N3O2. The Hall–Kier alpha value is -1.07. The summed E-state index contributed by atoms with van der Waals surface area (Å²) in [5, 5.41) is 3.38. The molecule has 0 saturated carbocycles. The molecule has 1 unspecified atom stereocenters. The van der Waals surface area contributed by atoms with Crippen LogP contribution in [0.4, 0.5) is 5.82 Å². The quantitative estimate of drug-likeness (QED) is 0.869. The lowest BCUT2D eigenvalue weighted by Crippen LogP contribution is -2.54. The lowest BCUT2D eigenvalue weighted by atomic mass is 10.1. The van der Waals surface area contributed by atoms with Crippen molar-refractivity contribution >= 4 is 5.82 Å². The van der Waals surface area contributed by atoms with E-state index in [0.717, 1.165) is 25.5 Å². The van der Waals surface area contributed by atoms with Gasteiger partial charge in [-0.3, -0.25) is 0 Å². The van der Waals surface area contributed by atoms with Crippen LogP contribution < -0.4 is 10.2 Å². The van der Waals surface area contributed by atoms with Crippen molar-refractivity contribution in [3.8, 4) is 0 Å². The van der Waals surface area contributed by atoms with Crippen LogP contribution in [-0.4, -0.2) is 42.9 Å². The van der Waals surface area contributed by atoms with E-state index >= 15 is 0 Å². The molecular weight excluding hydrogens is 218 g/mol. The third-order valence-electron chi connectivity index (χ3n) is 2.77. The van der Waals surface area contributed by atoms with Gasteiger partial charge in [0, 0.05) is 21.1 Å². The molecule has 0 bridgehead atoms. The van der Waals surface area contributed by atoms with Crippen LogP contribution in [0.3, 0.4) is 0 Å².